The number of aliphatic hydroxyl groups is 1. The van der Waals surface area contributed by atoms with Crippen LogP contribution < -0.4 is 20.9 Å². The number of nitrogens with one attached hydrogen (secondary N) is 3. The molecular formula is C19H27ClN6O. The number of aromatic nitrogens is 2. The molecule has 4 N–H and O–H groups in total. The van der Waals surface area contributed by atoms with Crippen molar-refractivity contribution in [2.45, 2.75) is 39.8 Å². The van der Waals surface area contributed by atoms with Crippen LogP contribution in [0.15, 0.2) is 24.3 Å². The average molecular weight is 391 g/mol. The molecule has 0 fully saturated rings. The molecule has 1 aliphatic rings. The molecule has 0 bridgehead atoms. The zero-order valence-corrected chi connectivity index (χ0v) is 16.9. The number of aliphatic hydroxyl groups excluding tert-OH is 1. The number of hydrogen-bond acceptors (Lipinski definition) is 7. The molecule has 3 rings (SSSR count). The van der Waals surface area contributed by atoms with Crippen molar-refractivity contribution in [3.05, 3.63) is 29.3 Å². The van der Waals surface area contributed by atoms with Gasteiger partial charge in [0.2, 0.25) is 5.95 Å². The molecule has 1 aromatic heterocycles. The van der Waals surface area contributed by atoms with Gasteiger partial charge in [-0.2, -0.15) is 9.97 Å². The molecule has 0 amide bonds. The molecule has 0 unspecified atom stereocenters. The van der Waals surface area contributed by atoms with E-state index in [9.17, 15) is 5.11 Å². The number of nitrogens with zero attached hydrogens (tertiary/aromatic N) is 3. The lowest BCUT2D eigenvalue weighted by Crippen LogP contribution is -2.32. The first-order valence-corrected chi connectivity index (χ1v) is 9.59. The van der Waals surface area contributed by atoms with Crippen LogP contribution in [0.2, 0.25) is 5.02 Å². The summed E-state index contributed by atoms with van der Waals surface area (Å²) in [6.07, 6.45) is 0. The van der Waals surface area contributed by atoms with Gasteiger partial charge in [0.15, 0.2) is 11.6 Å². The zero-order valence-electron chi connectivity index (χ0n) is 16.1. The van der Waals surface area contributed by atoms with Crippen LogP contribution in [0.1, 0.15) is 27.7 Å². The Hall–Kier alpha value is -2.25. The lowest BCUT2D eigenvalue weighted by molar-refractivity contribution is 0.248. The van der Waals surface area contributed by atoms with Crippen molar-refractivity contribution in [1.29, 1.82) is 0 Å². The Morgan fingerprint density at radius 2 is 1.89 bits per heavy atom. The van der Waals surface area contributed by atoms with E-state index in [-0.39, 0.29) is 18.6 Å². The Labute approximate surface area is 165 Å². The fourth-order valence-corrected chi connectivity index (χ4v) is 3.03. The Morgan fingerprint density at radius 3 is 2.48 bits per heavy atom. The molecule has 2 aromatic rings. The Kier molecular flexibility index (Phi) is 5.92. The van der Waals surface area contributed by atoms with Gasteiger partial charge in [-0.25, -0.2) is 0 Å². The van der Waals surface area contributed by atoms with E-state index in [1.807, 2.05) is 24.3 Å². The maximum atomic E-state index is 9.65. The third-order valence-corrected chi connectivity index (χ3v) is 4.89. The highest BCUT2D eigenvalue weighted by Crippen LogP contribution is 2.38. The van der Waals surface area contributed by atoms with Gasteiger partial charge in [0.25, 0.3) is 0 Å². The van der Waals surface area contributed by atoms with E-state index in [1.165, 1.54) is 0 Å². The van der Waals surface area contributed by atoms with Crippen molar-refractivity contribution in [3.63, 3.8) is 0 Å². The van der Waals surface area contributed by atoms with Crippen molar-refractivity contribution in [2.24, 2.45) is 5.92 Å². The van der Waals surface area contributed by atoms with Gasteiger partial charge in [-0.1, -0.05) is 25.4 Å². The summed E-state index contributed by atoms with van der Waals surface area (Å²) >= 11 is 5.98. The van der Waals surface area contributed by atoms with Crippen molar-refractivity contribution < 1.29 is 5.11 Å². The highest BCUT2D eigenvalue weighted by molar-refractivity contribution is 6.30. The van der Waals surface area contributed by atoms with Crippen molar-refractivity contribution >= 4 is 40.6 Å². The van der Waals surface area contributed by atoms with Gasteiger partial charge >= 0.3 is 0 Å². The van der Waals surface area contributed by atoms with Crippen LogP contribution in [0.5, 0.6) is 0 Å². The van der Waals surface area contributed by atoms with E-state index in [4.69, 9.17) is 16.6 Å². The number of anilines is 5. The van der Waals surface area contributed by atoms with Crippen LogP contribution in [-0.2, 0) is 0 Å². The minimum absolute atomic E-state index is 0.0181. The van der Waals surface area contributed by atoms with Crippen LogP contribution in [0, 0.1) is 5.92 Å². The zero-order chi connectivity index (χ0) is 19.6. The summed E-state index contributed by atoms with van der Waals surface area (Å²) in [7, 11) is 0. The van der Waals surface area contributed by atoms with Gasteiger partial charge in [-0.3, -0.25) is 0 Å². The first-order valence-electron chi connectivity index (χ1n) is 9.21. The first-order chi connectivity index (χ1) is 12.9. The number of halogens is 1. The molecule has 1 atom stereocenters. The largest absolute Gasteiger partial charge is 0.394 e. The summed E-state index contributed by atoms with van der Waals surface area (Å²) < 4.78 is 0. The molecule has 0 saturated heterocycles. The molecule has 2 heterocycles. The summed E-state index contributed by atoms with van der Waals surface area (Å²) in [4.78, 5) is 11.6. The fourth-order valence-electron chi connectivity index (χ4n) is 2.90. The number of fused-ring (bicyclic) bond motifs is 1. The molecule has 1 aromatic carbocycles. The van der Waals surface area contributed by atoms with Gasteiger partial charge in [0.1, 0.15) is 5.69 Å². The highest BCUT2D eigenvalue weighted by atomic mass is 35.5. The summed E-state index contributed by atoms with van der Waals surface area (Å²) in [5, 5.41) is 20.3. The standard InChI is InChI=1S/C19H27ClN6O/c1-11(2)15(9-27)23-19-24-17(22-14-7-5-13(20)6-8-14)16-18(25-19)26(10-21-16)12(3)4/h5-8,11-12,15,21,27H,9-10H2,1-4H3,(H2,22,23,24,25)/t15-/m0/s1. The van der Waals surface area contributed by atoms with Crippen molar-refractivity contribution in [2.75, 3.05) is 34.1 Å². The molecule has 0 aliphatic carbocycles. The maximum absolute atomic E-state index is 9.65. The van der Waals surface area contributed by atoms with Gasteiger partial charge in [0, 0.05) is 16.8 Å². The van der Waals surface area contributed by atoms with Crippen molar-refractivity contribution in [1.82, 2.24) is 9.97 Å². The lowest BCUT2D eigenvalue weighted by atomic mass is 10.1. The van der Waals surface area contributed by atoms with Crippen LogP contribution >= 0.6 is 11.6 Å². The topological polar surface area (TPSA) is 85.3 Å². The minimum Gasteiger partial charge on any atom is -0.394 e. The van der Waals surface area contributed by atoms with E-state index in [1.54, 1.807) is 0 Å². The quantitative estimate of drug-likeness (QED) is 0.570. The van der Waals surface area contributed by atoms with E-state index in [0.29, 0.717) is 29.5 Å². The van der Waals surface area contributed by atoms with E-state index in [2.05, 4.69) is 53.5 Å². The second-order valence-corrected chi connectivity index (χ2v) is 7.74. The van der Waals surface area contributed by atoms with Crippen LogP contribution in [0.4, 0.5) is 29.0 Å². The smallest absolute Gasteiger partial charge is 0.227 e. The predicted octanol–water partition coefficient (Wildman–Crippen LogP) is 3.90. The summed E-state index contributed by atoms with van der Waals surface area (Å²) in [5.41, 5.74) is 1.76. The summed E-state index contributed by atoms with van der Waals surface area (Å²) in [5.74, 6) is 2.28. The monoisotopic (exact) mass is 390 g/mol. The van der Waals surface area contributed by atoms with Crippen LogP contribution in [-0.4, -0.2) is 40.4 Å². The minimum atomic E-state index is -0.117. The number of benzene rings is 1. The van der Waals surface area contributed by atoms with E-state index < -0.39 is 0 Å². The molecule has 7 nitrogen and oxygen atoms in total. The Bertz CT molecular complexity index is 781. The van der Waals surface area contributed by atoms with Crippen LogP contribution in [0.25, 0.3) is 0 Å². The van der Waals surface area contributed by atoms with E-state index in [0.717, 1.165) is 17.2 Å². The normalized spacial score (nSPS) is 14.3. The SMILES string of the molecule is CC(C)[C@H](CO)Nc1nc(Nc2ccc(Cl)cc2)c2c(n1)N(C(C)C)CN2. The second kappa shape index (κ2) is 8.19. The van der Waals surface area contributed by atoms with Gasteiger partial charge in [0.05, 0.1) is 19.3 Å². The fraction of sp³-hybridized carbons (Fsp3) is 0.474. The molecule has 27 heavy (non-hydrogen) atoms. The molecule has 0 spiro atoms. The number of rotatable bonds is 7. The van der Waals surface area contributed by atoms with Gasteiger partial charge in [-0.05, 0) is 44.0 Å². The third kappa shape index (κ3) is 4.36. The molecule has 1 aliphatic heterocycles. The van der Waals surface area contributed by atoms with E-state index >= 15 is 0 Å². The predicted molar refractivity (Wildman–Crippen MR) is 112 cm³/mol. The molecule has 0 saturated carbocycles. The van der Waals surface area contributed by atoms with Gasteiger partial charge < -0.3 is 26.0 Å². The maximum Gasteiger partial charge on any atom is 0.227 e. The summed E-state index contributed by atoms with van der Waals surface area (Å²) in [6.45, 7) is 9.05. The van der Waals surface area contributed by atoms with Crippen molar-refractivity contribution in [3.8, 4) is 0 Å². The lowest BCUT2D eigenvalue weighted by Gasteiger charge is -2.24. The highest BCUT2D eigenvalue weighted by Gasteiger charge is 2.28. The Balaban J connectivity index is 1.98. The Morgan fingerprint density at radius 1 is 1.19 bits per heavy atom. The average Bonchev–Trinajstić information content (AvgIpc) is 3.05. The second-order valence-electron chi connectivity index (χ2n) is 7.30. The first kappa shape index (κ1) is 19.5. The molecule has 8 heteroatoms. The third-order valence-electron chi connectivity index (χ3n) is 4.63. The number of hydrogen-bond donors (Lipinski definition) is 4. The van der Waals surface area contributed by atoms with Gasteiger partial charge in [-0.15, -0.1) is 0 Å². The molecular weight excluding hydrogens is 364 g/mol. The molecule has 146 valence electrons. The molecule has 0 radical (unpaired) electrons. The summed E-state index contributed by atoms with van der Waals surface area (Å²) in [6, 6.07) is 7.66. The van der Waals surface area contributed by atoms with Crippen LogP contribution in [0.3, 0.4) is 0 Å².